The fourth-order valence-electron chi connectivity index (χ4n) is 1.26. The molecule has 0 radical (unpaired) electrons. The number of carbonyl (C=O) groups excluding carboxylic acids is 1. The number of rotatable bonds is 2. The molecule has 2 rings (SSSR count). The minimum absolute atomic E-state index is 0.160. The Balaban J connectivity index is 2.39. The Bertz CT molecular complexity index is 506. The minimum Gasteiger partial charge on any atom is -0.461 e. The zero-order valence-electron chi connectivity index (χ0n) is 9.02. The SMILES string of the molecule is CC(=O)Nc1nc(-c2ccco2)ncc1C. The smallest absolute Gasteiger partial charge is 0.222 e. The highest BCUT2D eigenvalue weighted by Gasteiger charge is 2.08. The lowest BCUT2D eigenvalue weighted by Gasteiger charge is -2.05. The molecule has 0 bridgehead atoms. The van der Waals surface area contributed by atoms with E-state index in [9.17, 15) is 4.79 Å². The Labute approximate surface area is 92.5 Å². The van der Waals surface area contributed by atoms with Gasteiger partial charge in [-0.25, -0.2) is 9.97 Å². The molecule has 82 valence electrons. The number of aryl methyl sites for hydroxylation is 1. The van der Waals surface area contributed by atoms with E-state index >= 15 is 0 Å². The van der Waals surface area contributed by atoms with Gasteiger partial charge in [0.15, 0.2) is 11.6 Å². The number of nitrogens with one attached hydrogen (secondary N) is 1. The molecular weight excluding hydrogens is 206 g/mol. The van der Waals surface area contributed by atoms with Crippen LogP contribution in [0, 0.1) is 6.92 Å². The van der Waals surface area contributed by atoms with Crippen molar-refractivity contribution in [1.29, 1.82) is 0 Å². The van der Waals surface area contributed by atoms with Gasteiger partial charge in [-0.2, -0.15) is 0 Å². The second-order valence-corrected chi connectivity index (χ2v) is 3.38. The average Bonchev–Trinajstić information content (AvgIpc) is 2.73. The summed E-state index contributed by atoms with van der Waals surface area (Å²) < 4.78 is 5.18. The van der Waals surface area contributed by atoms with Crippen LogP contribution in [0.4, 0.5) is 5.82 Å². The second-order valence-electron chi connectivity index (χ2n) is 3.38. The summed E-state index contributed by atoms with van der Waals surface area (Å²) in [5.41, 5.74) is 0.811. The van der Waals surface area contributed by atoms with Crippen molar-refractivity contribution < 1.29 is 9.21 Å². The summed E-state index contributed by atoms with van der Waals surface area (Å²) in [5, 5.41) is 2.64. The molecule has 0 aliphatic rings. The van der Waals surface area contributed by atoms with Gasteiger partial charge in [-0.3, -0.25) is 4.79 Å². The van der Waals surface area contributed by atoms with Crippen LogP contribution in [0.2, 0.25) is 0 Å². The van der Waals surface area contributed by atoms with Crippen molar-refractivity contribution in [3.05, 3.63) is 30.2 Å². The van der Waals surface area contributed by atoms with Gasteiger partial charge in [0.05, 0.1) is 6.26 Å². The molecule has 0 aliphatic carbocycles. The maximum absolute atomic E-state index is 11.0. The van der Waals surface area contributed by atoms with E-state index in [1.165, 1.54) is 6.92 Å². The molecule has 0 spiro atoms. The van der Waals surface area contributed by atoms with Gasteiger partial charge in [0, 0.05) is 18.7 Å². The number of anilines is 1. The lowest BCUT2D eigenvalue weighted by atomic mass is 10.3. The van der Waals surface area contributed by atoms with E-state index in [1.807, 2.05) is 6.92 Å². The lowest BCUT2D eigenvalue weighted by molar-refractivity contribution is -0.114. The zero-order chi connectivity index (χ0) is 11.5. The van der Waals surface area contributed by atoms with Gasteiger partial charge in [0.1, 0.15) is 5.82 Å². The first-order chi connectivity index (χ1) is 7.66. The highest BCUT2D eigenvalue weighted by molar-refractivity contribution is 5.88. The van der Waals surface area contributed by atoms with Gasteiger partial charge in [-0.15, -0.1) is 0 Å². The molecule has 0 fully saturated rings. The molecule has 0 atom stereocenters. The highest BCUT2D eigenvalue weighted by atomic mass is 16.3. The Kier molecular flexibility index (Phi) is 2.68. The fourth-order valence-corrected chi connectivity index (χ4v) is 1.26. The van der Waals surface area contributed by atoms with Crippen LogP contribution >= 0.6 is 0 Å². The molecular formula is C11H11N3O2. The van der Waals surface area contributed by atoms with E-state index in [1.54, 1.807) is 24.6 Å². The normalized spacial score (nSPS) is 10.1. The van der Waals surface area contributed by atoms with Crippen molar-refractivity contribution in [2.45, 2.75) is 13.8 Å². The number of carbonyl (C=O) groups is 1. The number of furan rings is 1. The van der Waals surface area contributed by atoms with Crippen LogP contribution in [0.3, 0.4) is 0 Å². The predicted octanol–water partition coefficient (Wildman–Crippen LogP) is 2.00. The van der Waals surface area contributed by atoms with Crippen LogP contribution in [-0.2, 0) is 4.79 Å². The first-order valence-electron chi connectivity index (χ1n) is 4.82. The summed E-state index contributed by atoms with van der Waals surface area (Å²) in [4.78, 5) is 19.3. The fraction of sp³-hybridized carbons (Fsp3) is 0.182. The van der Waals surface area contributed by atoms with Crippen molar-refractivity contribution >= 4 is 11.7 Å². The van der Waals surface area contributed by atoms with Gasteiger partial charge < -0.3 is 9.73 Å². The Morgan fingerprint density at radius 1 is 1.50 bits per heavy atom. The van der Waals surface area contributed by atoms with Gasteiger partial charge in [-0.05, 0) is 19.1 Å². The molecule has 0 unspecified atom stereocenters. The second kappa shape index (κ2) is 4.14. The summed E-state index contributed by atoms with van der Waals surface area (Å²) in [5.74, 6) is 1.38. The quantitative estimate of drug-likeness (QED) is 0.835. The van der Waals surface area contributed by atoms with Crippen molar-refractivity contribution in [3.63, 3.8) is 0 Å². The number of hydrogen-bond acceptors (Lipinski definition) is 4. The summed E-state index contributed by atoms with van der Waals surface area (Å²) in [6, 6.07) is 3.53. The van der Waals surface area contributed by atoms with Crippen molar-refractivity contribution in [2.24, 2.45) is 0 Å². The molecule has 0 aromatic carbocycles. The summed E-state index contributed by atoms with van der Waals surface area (Å²) in [6.45, 7) is 3.27. The molecule has 2 heterocycles. The molecule has 2 aromatic rings. The molecule has 1 amide bonds. The van der Waals surface area contributed by atoms with E-state index in [-0.39, 0.29) is 5.91 Å². The van der Waals surface area contributed by atoms with Gasteiger partial charge in [0.2, 0.25) is 5.91 Å². The number of hydrogen-bond donors (Lipinski definition) is 1. The maximum atomic E-state index is 11.0. The first-order valence-corrected chi connectivity index (χ1v) is 4.82. The predicted molar refractivity (Wildman–Crippen MR) is 58.8 cm³/mol. The van der Waals surface area contributed by atoms with Crippen molar-refractivity contribution in [3.8, 4) is 11.6 Å². The zero-order valence-corrected chi connectivity index (χ0v) is 9.02. The summed E-state index contributed by atoms with van der Waals surface area (Å²) >= 11 is 0. The number of aromatic nitrogens is 2. The van der Waals surface area contributed by atoms with Crippen LogP contribution < -0.4 is 5.32 Å². The molecule has 5 nitrogen and oxygen atoms in total. The molecule has 0 aliphatic heterocycles. The van der Waals surface area contributed by atoms with E-state index < -0.39 is 0 Å². The largest absolute Gasteiger partial charge is 0.461 e. The third-order valence-corrected chi connectivity index (χ3v) is 2.01. The number of amides is 1. The number of nitrogens with zero attached hydrogens (tertiary/aromatic N) is 2. The van der Waals surface area contributed by atoms with Crippen molar-refractivity contribution in [2.75, 3.05) is 5.32 Å². The third-order valence-electron chi connectivity index (χ3n) is 2.01. The lowest BCUT2D eigenvalue weighted by Crippen LogP contribution is -2.09. The third kappa shape index (κ3) is 2.08. The van der Waals surface area contributed by atoms with Crippen molar-refractivity contribution in [1.82, 2.24) is 9.97 Å². The van der Waals surface area contributed by atoms with E-state index in [2.05, 4.69) is 15.3 Å². The van der Waals surface area contributed by atoms with E-state index in [0.29, 0.717) is 17.4 Å². The summed E-state index contributed by atoms with van der Waals surface area (Å²) in [7, 11) is 0. The van der Waals surface area contributed by atoms with Gasteiger partial charge in [-0.1, -0.05) is 0 Å². The molecule has 0 saturated carbocycles. The van der Waals surface area contributed by atoms with E-state index in [0.717, 1.165) is 5.56 Å². The monoisotopic (exact) mass is 217 g/mol. The average molecular weight is 217 g/mol. The van der Waals surface area contributed by atoms with Crippen LogP contribution in [0.15, 0.2) is 29.0 Å². The molecule has 0 saturated heterocycles. The van der Waals surface area contributed by atoms with Crippen LogP contribution in [0.5, 0.6) is 0 Å². The standard InChI is InChI=1S/C11H11N3O2/c1-7-6-12-11(9-4-3-5-16-9)14-10(7)13-8(2)15/h3-6H,1-2H3,(H,12,13,14,15). The van der Waals surface area contributed by atoms with Crippen LogP contribution in [-0.4, -0.2) is 15.9 Å². The van der Waals surface area contributed by atoms with Crippen LogP contribution in [0.1, 0.15) is 12.5 Å². The molecule has 5 heteroatoms. The van der Waals surface area contributed by atoms with Crippen LogP contribution in [0.25, 0.3) is 11.6 Å². The van der Waals surface area contributed by atoms with Gasteiger partial charge in [0.25, 0.3) is 0 Å². The maximum Gasteiger partial charge on any atom is 0.222 e. The highest BCUT2D eigenvalue weighted by Crippen LogP contribution is 2.18. The molecule has 1 N–H and O–H groups in total. The Morgan fingerprint density at radius 2 is 2.31 bits per heavy atom. The minimum atomic E-state index is -0.160. The van der Waals surface area contributed by atoms with Gasteiger partial charge >= 0.3 is 0 Å². The van der Waals surface area contributed by atoms with E-state index in [4.69, 9.17) is 4.42 Å². The first kappa shape index (κ1) is 10.4. The Morgan fingerprint density at radius 3 is 2.94 bits per heavy atom. The summed E-state index contributed by atoms with van der Waals surface area (Å²) in [6.07, 6.45) is 3.20. The molecule has 16 heavy (non-hydrogen) atoms. The Hall–Kier alpha value is -2.17. The topological polar surface area (TPSA) is 68.0 Å². The molecule has 2 aromatic heterocycles.